The summed E-state index contributed by atoms with van der Waals surface area (Å²) < 4.78 is 10.9. The number of thiophene rings is 1. The molecule has 2 heterocycles. The van der Waals surface area contributed by atoms with Crippen LogP contribution in [0.5, 0.6) is 11.5 Å². The minimum absolute atomic E-state index is 0.0311. The van der Waals surface area contributed by atoms with Gasteiger partial charge in [0, 0.05) is 25.5 Å². The minimum atomic E-state index is -0.338. The monoisotopic (exact) mass is 415 g/mol. The van der Waals surface area contributed by atoms with E-state index in [1.54, 1.807) is 39.5 Å². The SMILES string of the molecule is CCC(=O)N(C)CC(=O)N1N=C(c2cccs2)C[C@@H]1c1cc(OC)ccc1OC. The van der Waals surface area contributed by atoms with Crippen LogP contribution in [0.3, 0.4) is 0 Å². The van der Waals surface area contributed by atoms with Crippen molar-refractivity contribution in [1.29, 1.82) is 0 Å². The summed E-state index contributed by atoms with van der Waals surface area (Å²) in [4.78, 5) is 27.5. The Morgan fingerprint density at radius 1 is 1.28 bits per heavy atom. The Hall–Kier alpha value is -2.87. The Balaban J connectivity index is 1.96. The molecule has 0 bridgehead atoms. The molecule has 0 saturated heterocycles. The third-order valence-corrected chi connectivity index (χ3v) is 5.79. The van der Waals surface area contributed by atoms with Crippen molar-refractivity contribution >= 4 is 28.9 Å². The van der Waals surface area contributed by atoms with Crippen LogP contribution in [0, 0.1) is 0 Å². The number of ether oxygens (including phenoxy) is 2. The lowest BCUT2D eigenvalue weighted by Crippen LogP contribution is -2.39. The number of rotatable bonds is 7. The van der Waals surface area contributed by atoms with Crippen molar-refractivity contribution in [3.8, 4) is 11.5 Å². The van der Waals surface area contributed by atoms with Gasteiger partial charge in [-0.1, -0.05) is 13.0 Å². The van der Waals surface area contributed by atoms with Gasteiger partial charge in [0.1, 0.15) is 18.0 Å². The molecule has 154 valence electrons. The van der Waals surface area contributed by atoms with Gasteiger partial charge in [0.15, 0.2) is 0 Å². The summed E-state index contributed by atoms with van der Waals surface area (Å²) in [5.74, 6) is 1.01. The molecule has 8 heteroatoms. The molecule has 2 aromatic rings. The predicted octanol–water partition coefficient (Wildman–Crippen LogP) is 3.31. The largest absolute Gasteiger partial charge is 0.497 e. The lowest BCUT2D eigenvalue weighted by molar-refractivity contribution is -0.140. The Labute approximate surface area is 174 Å². The maximum Gasteiger partial charge on any atom is 0.262 e. The molecule has 1 aliphatic heterocycles. The first-order valence-electron chi connectivity index (χ1n) is 9.37. The van der Waals surface area contributed by atoms with Crippen LogP contribution in [0.4, 0.5) is 0 Å². The molecule has 1 aliphatic rings. The van der Waals surface area contributed by atoms with Gasteiger partial charge in [0.25, 0.3) is 5.91 Å². The highest BCUT2D eigenvalue weighted by molar-refractivity contribution is 7.12. The van der Waals surface area contributed by atoms with Crippen molar-refractivity contribution in [2.45, 2.75) is 25.8 Å². The summed E-state index contributed by atoms with van der Waals surface area (Å²) >= 11 is 1.58. The van der Waals surface area contributed by atoms with E-state index in [0.29, 0.717) is 24.3 Å². The molecule has 1 aromatic heterocycles. The lowest BCUT2D eigenvalue weighted by Gasteiger charge is -2.26. The fourth-order valence-corrected chi connectivity index (χ4v) is 4.03. The quantitative estimate of drug-likeness (QED) is 0.696. The zero-order chi connectivity index (χ0) is 21.0. The van der Waals surface area contributed by atoms with Crippen LogP contribution >= 0.6 is 11.3 Å². The van der Waals surface area contributed by atoms with Crippen LogP contribution in [0.1, 0.15) is 36.2 Å². The highest BCUT2D eigenvalue weighted by Crippen LogP contribution is 2.39. The van der Waals surface area contributed by atoms with E-state index in [-0.39, 0.29) is 24.4 Å². The van der Waals surface area contributed by atoms with Crippen LogP contribution in [0.15, 0.2) is 40.8 Å². The predicted molar refractivity (Wildman–Crippen MR) is 113 cm³/mol. The molecule has 1 atom stereocenters. The fraction of sp³-hybridized carbons (Fsp3) is 0.381. The van der Waals surface area contributed by atoms with Crippen molar-refractivity contribution in [2.75, 3.05) is 27.8 Å². The number of methoxy groups -OCH3 is 2. The van der Waals surface area contributed by atoms with E-state index in [1.807, 2.05) is 35.7 Å². The molecule has 0 spiro atoms. The Morgan fingerprint density at radius 2 is 2.07 bits per heavy atom. The molecule has 1 aromatic carbocycles. The molecular formula is C21H25N3O4S. The fourth-order valence-electron chi connectivity index (χ4n) is 3.31. The van der Waals surface area contributed by atoms with Crippen LogP contribution in [-0.4, -0.2) is 55.2 Å². The van der Waals surface area contributed by atoms with Crippen LogP contribution in [-0.2, 0) is 9.59 Å². The van der Waals surface area contributed by atoms with E-state index in [1.165, 1.54) is 9.91 Å². The van der Waals surface area contributed by atoms with Crippen molar-refractivity contribution in [1.82, 2.24) is 9.91 Å². The van der Waals surface area contributed by atoms with Crippen molar-refractivity contribution in [3.05, 3.63) is 46.2 Å². The Morgan fingerprint density at radius 3 is 2.69 bits per heavy atom. The summed E-state index contributed by atoms with van der Waals surface area (Å²) in [6, 6.07) is 9.13. The van der Waals surface area contributed by atoms with Gasteiger partial charge in [-0.15, -0.1) is 11.3 Å². The van der Waals surface area contributed by atoms with Crippen LogP contribution in [0.25, 0.3) is 0 Å². The molecule has 29 heavy (non-hydrogen) atoms. The topological polar surface area (TPSA) is 71.4 Å². The second kappa shape index (κ2) is 9.09. The Kier molecular flexibility index (Phi) is 6.53. The number of carbonyl (C=O) groups is 2. The van der Waals surface area contributed by atoms with E-state index in [0.717, 1.165) is 16.2 Å². The van der Waals surface area contributed by atoms with E-state index in [2.05, 4.69) is 5.10 Å². The molecule has 3 rings (SSSR count). The first-order chi connectivity index (χ1) is 14.0. The van der Waals surface area contributed by atoms with Gasteiger partial charge < -0.3 is 14.4 Å². The van der Waals surface area contributed by atoms with Gasteiger partial charge in [-0.2, -0.15) is 5.10 Å². The van der Waals surface area contributed by atoms with Crippen LogP contribution in [0.2, 0.25) is 0 Å². The number of hydrogen-bond acceptors (Lipinski definition) is 6. The molecule has 0 fully saturated rings. The smallest absolute Gasteiger partial charge is 0.262 e. The van der Waals surface area contributed by atoms with Gasteiger partial charge in [0.05, 0.1) is 30.9 Å². The molecule has 0 aliphatic carbocycles. The summed E-state index contributed by atoms with van der Waals surface area (Å²) in [6.45, 7) is 1.74. The maximum atomic E-state index is 13.1. The molecule has 7 nitrogen and oxygen atoms in total. The van der Waals surface area contributed by atoms with E-state index >= 15 is 0 Å². The number of nitrogens with zero attached hydrogens (tertiary/aromatic N) is 3. The van der Waals surface area contributed by atoms with E-state index in [9.17, 15) is 9.59 Å². The van der Waals surface area contributed by atoms with Crippen molar-refractivity contribution < 1.29 is 19.1 Å². The molecule has 0 unspecified atom stereocenters. The van der Waals surface area contributed by atoms with Gasteiger partial charge in [-0.05, 0) is 29.6 Å². The number of hydrazone groups is 1. The first kappa shape index (κ1) is 20.9. The number of likely N-dealkylation sites (N-methyl/N-ethyl adjacent to an activating group) is 1. The first-order valence-corrected chi connectivity index (χ1v) is 10.3. The van der Waals surface area contributed by atoms with E-state index < -0.39 is 0 Å². The summed E-state index contributed by atoms with van der Waals surface area (Å²) in [5.41, 5.74) is 1.66. The van der Waals surface area contributed by atoms with E-state index in [4.69, 9.17) is 9.47 Å². The average molecular weight is 416 g/mol. The summed E-state index contributed by atoms with van der Waals surface area (Å²) in [7, 11) is 4.83. The number of benzene rings is 1. The normalized spacial score (nSPS) is 15.8. The number of amides is 2. The standard InChI is InChI=1S/C21H25N3O4S/c1-5-20(25)23(2)13-21(26)24-17(12-16(22-24)19-7-6-10-29-19)15-11-14(27-3)8-9-18(15)28-4/h6-11,17H,5,12-13H2,1-4H3/t17-/m1/s1. The second-order valence-corrected chi connectivity index (χ2v) is 7.64. The van der Waals surface area contributed by atoms with Gasteiger partial charge >= 0.3 is 0 Å². The van der Waals surface area contributed by atoms with Gasteiger partial charge in [0.2, 0.25) is 5.91 Å². The maximum absolute atomic E-state index is 13.1. The molecular weight excluding hydrogens is 390 g/mol. The highest BCUT2D eigenvalue weighted by Gasteiger charge is 2.36. The minimum Gasteiger partial charge on any atom is -0.497 e. The third kappa shape index (κ3) is 4.42. The van der Waals surface area contributed by atoms with Crippen LogP contribution < -0.4 is 9.47 Å². The lowest BCUT2D eigenvalue weighted by atomic mass is 9.99. The Bertz CT molecular complexity index is 911. The average Bonchev–Trinajstić information content (AvgIpc) is 3.42. The molecule has 0 N–H and O–H groups in total. The van der Waals surface area contributed by atoms with Gasteiger partial charge in [-0.3, -0.25) is 9.59 Å². The zero-order valence-corrected chi connectivity index (χ0v) is 17.9. The molecule has 0 saturated carbocycles. The second-order valence-electron chi connectivity index (χ2n) is 6.69. The number of carbonyl (C=O) groups excluding carboxylic acids is 2. The van der Waals surface area contributed by atoms with Gasteiger partial charge in [-0.25, -0.2) is 5.01 Å². The van der Waals surface area contributed by atoms with Crippen molar-refractivity contribution in [3.63, 3.8) is 0 Å². The molecule has 2 amide bonds. The number of hydrogen-bond donors (Lipinski definition) is 0. The summed E-state index contributed by atoms with van der Waals surface area (Å²) in [5, 5.41) is 8.10. The van der Waals surface area contributed by atoms with Crippen molar-refractivity contribution in [2.24, 2.45) is 5.10 Å². The zero-order valence-electron chi connectivity index (χ0n) is 17.0. The highest BCUT2D eigenvalue weighted by atomic mass is 32.1. The third-order valence-electron chi connectivity index (χ3n) is 4.87. The summed E-state index contributed by atoms with van der Waals surface area (Å²) in [6.07, 6.45) is 0.905. The molecule has 0 radical (unpaired) electrons.